The molecule has 0 N–H and O–H groups in total. The van der Waals surface area contributed by atoms with E-state index < -0.39 is 21.1 Å². The van der Waals surface area contributed by atoms with E-state index in [4.69, 9.17) is 8.83 Å². The largest absolute Gasteiger partial charge is 0.403 e. The topological polar surface area (TPSA) is 172 Å². The second-order valence-corrected chi connectivity index (χ2v) is 8.63. The van der Waals surface area contributed by atoms with Crippen molar-refractivity contribution >= 4 is 33.2 Å². The van der Waals surface area contributed by atoms with Gasteiger partial charge in [0, 0.05) is 12.1 Å². The van der Waals surface area contributed by atoms with Crippen LogP contribution in [0.1, 0.15) is 0 Å². The van der Waals surface area contributed by atoms with Crippen LogP contribution in [0.5, 0.6) is 0 Å². The summed E-state index contributed by atoms with van der Waals surface area (Å²) in [5.41, 5.74) is -0.173. The van der Waals surface area contributed by atoms with Crippen LogP contribution < -0.4 is 11.3 Å². The first kappa shape index (κ1) is 24.3. The standard InChI is InChI=1S/C28H14N4O8/c33-27-19-13-15(9-11-21(19)29-25(39-27)17-5-1-3-7-23(17)31(35)36)16-10-12-22-20(14-16)28(34)40-26(30-22)18-6-2-4-8-24(18)32(37)38/h1-14H. The van der Waals surface area contributed by atoms with Crippen LogP contribution in [0.3, 0.4) is 0 Å². The Kier molecular flexibility index (Phi) is 5.69. The van der Waals surface area contributed by atoms with E-state index in [1.165, 1.54) is 48.5 Å². The number of nitro groups is 2. The summed E-state index contributed by atoms with van der Waals surface area (Å²) >= 11 is 0. The van der Waals surface area contributed by atoms with Crippen molar-refractivity contribution in [1.82, 2.24) is 9.97 Å². The maximum atomic E-state index is 12.9. The lowest BCUT2D eigenvalue weighted by atomic mass is 10.0. The summed E-state index contributed by atoms with van der Waals surface area (Å²) in [6, 6.07) is 21.2. The molecule has 0 saturated heterocycles. The smallest absolute Gasteiger partial charge is 0.347 e. The number of hydrogen-bond acceptors (Lipinski definition) is 10. The number of fused-ring (bicyclic) bond motifs is 2. The molecule has 0 aliphatic heterocycles. The molecule has 6 aromatic rings. The molecule has 0 unspecified atom stereocenters. The zero-order chi connectivity index (χ0) is 28.0. The van der Waals surface area contributed by atoms with Gasteiger partial charge in [-0.25, -0.2) is 19.6 Å². The highest BCUT2D eigenvalue weighted by atomic mass is 16.6. The summed E-state index contributed by atoms with van der Waals surface area (Å²) in [7, 11) is 0. The summed E-state index contributed by atoms with van der Waals surface area (Å²) in [5, 5.41) is 23.1. The summed E-state index contributed by atoms with van der Waals surface area (Å²) < 4.78 is 10.7. The van der Waals surface area contributed by atoms with Crippen molar-refractivity contribution in [2.45, 2.75) is 0 Å². The molecule has 0 saturated carbocycles. The number of hydrogen-bond donors (Lipinski definition) is 0. The van der Waals surface area contributed by atoms with E-state index >= 15 is 0 Å². The normalized spacial score (nSPS) is 11.1. The summed E-state index contributed by atoms with van der Waals surface area (Å²) in [6.07, 6.45) is 0. The van der Waals surface area contributed by atoms with Crippen LogP contribution in [-0.4, -0.2) is 19.8 Å². The molecular weight excluding hydrogens is 520 g/mol. The number of benzene rings is 4. The van der Waals surface area contributed by atoms with Crippen molar-refractivity contribution in [3.8, 4) is 34.0 Å². The maximum Gasteiger partial charge on any atom is 0.347 e. The second kappa shape index (κ2) is 9.36. The lowest BCUT2D eigenvalue weighted by Gasteiger charge is -2.07. The van der Waals surface area contributed by atoms with E-state index in [0.717, 1.165) is 0 Å². The first-order chi connectivity index (χ1) is 19.3. The molecule has 0 radical (unpaired) electrons. The highest BCUT2D eigenvalue weighted by Gasteiger charge is 2.21. The highest BCUT2D eigenvalue weighted by Crippen LogP contribution is 2.31. The SMILES string of the molecule is O=c1oc(-c2ccccc2[N+](=O)[O-])nc2ccc(-c3ccc4nc(-c5ccccc5[N+](=O)[O-])oc(=O)c4c3)cc12. The fourth-order valence-electron chi connectivity index (χ4n) is 4.36. The predicted molar refractivity (Wildman–Crippen MR) is 144 cm³/mol. The van der Waals surface area contributed by atoms with Crippen LogP contribution in [-0.2, 0) is 0 Å². The summed E-state index contributed by atoms with van der Waals surface area (Å²) in [4.78, 5) is 55.9. The van der Waals surface area contributed by atoms with E-state index in [0.29, 0.717) is 11.1 Å². The second-order valence-electron chi connectivity index (χ2n) is 8.63. The monoisotopic (exact) mass is 534 g/mol. The third kappa shape index (κ3) is 4.15. The molecule has 0 amide bonds. The number of para-hydroxylation sites is 2. The van der Waals surface area contributed by atoms with Crippen molar-refractivity contribution in [1.29, 1.82) is 0 Å². The van der Waals surface area contributed by atoms with Gasteiger partial charge in [0.15, 0.2) is 0 Å². The van der Waals surface area contributed by atoms with Gasteiger partial charge in [-0.15, -0.1) is 0 Å². The Labute approximate surface area is 222 Å². The van der Waals surface area contributed by atoms with E-state index in [1.54, 1.807) is 36.4 Å². The fraction of sp³-hybridized carbons (Fsp3) is 0. The van der Waals surface area contributed by atoms with Crippen LogP contribution in [0.25, 0.3) is 55.8 Å². The molecule has 2 heterocycles. The fourth-order valence-corrected chi connectivity index (χ4v) is 4.36. The minimum absolute atomic E-state index is 0.0736. The molecule has 0 atom stereocenters. The molecule has 0 fully saturated rings. The van der Waals surface area contributed by atoms with Gasteiger partial charge < -0.3 is 8.83 Å². The quantitative estimate of drug-likeness (QED) is 0.203. The number of nitro benzene ring substituents is 2. The van der Waals surface area contributed by atoms with Crippen molar-refractivity contribution in [2.75, 3.05) is 0 Å². The Morgan fingerprint density at radius 3 is 1.38 bits per heavy atom. The van der Waals surface area contributed by atoms with Gasteiger partial charge in [-0.3, -0.25) is 20.2 Å². The molecule has 0 spiro atoms. The van der Waals surface area contributed by atoms with Crippen LogP contribution in [0.4, 0.5) is 11.4 Å². The molecule has 0 bridgehead atoms. The molecule has 12 nitrogen and oxygen atoms in total. The van der Waals surface area contributed by atoms with Gasteiger partial charge in [0.2, 0.25) is 11.8 Å². The van der Waals surface area contributed by atoms with Crippen LogP contribution in [0.2, 0.25) is 0 Å². The zero-order valence-electron chi connectivity index (χ0n) is 20.1. The Balaban J connectivity index is 1.42. The lowest BCUT2D eigenvalue weighted by Crippen LogP contribution is -2.05. The average Bonchev–Trinajstić information content (AvgIpc) is 2.96. The lowest BCUT2D eigenvalue weighted by molar-refractivity contribution is -0.384. The van der Waals surface area contributed by atoms with Gasteiger partial charge in [-0.2, -0.15) is 0 Å². The molecular formula is C28H14N4O8. The number of aromatic nitrogens is 2. The number of rotatable bonds is 5. The minimum Gasteiger partial charge on any atom is -0.403 e. The first-order valence-electron chi connectivity index (χ1n) is 11.7. The molecule has 4 aromatic carbocycles. The van der Waals surface area contributed by atoms with Gasteiger partial charge >= 0.3 is 11.3 Å². The molecule has 194 valence electrons. The molecule has 0 aliphatic carbocycles. The molecule has 6 rings (SSSR count). The average molecular weight is 534 g/mol. The molecule has 2 aromatic heterocycles. The van der Waals surface area contributed by atoms with Crippen molar-refractivity contribution in [3.63, 3.8) is 0 Å². The third-order valence-corrected chi connectivity index (χ3v) is 6.25. The molecule has 12 heteroatoms. The van der Waals surface area contributed by atoms with Gasteiger partial charge in [0.05, 0.1) is 31.7 Å². The Bertz CT molecular complexity index is 1980. The highest BCUT2D eigenvalue weighted by molar-refractivity contribution is 5.89. The first-order valence-corrected chi connectivity index (χ1v) is 11.7. The van der Waals surface area contributed by atoms with E-state index in [2.05, 4.69) is 9.97 Å². The minimum atomic E-state index is -0.740. The van der Waals surface area contributed by atoms with Crippen molar-refractivity contribution in [2.24, 2.45) is 0 Å². The van der Waals surface area contributed by atoms with E-state index in [-0.39, 0.29) is 56.1 Å². The molecule has 0 aliphatic rings. The van der Waals surface area contributed by atoms with Crippen LogP contribution >= 0.6 is 0 Å². The van der Waals surface area contributed by atoms with Gasteiger partial charge in [0.25, 0.3) is 11.4 Å². The van der Waals surface area contributed by atoms with E-state index in [9.17, 15) is 29.8 Å². The maximum absolute atomic E-state index is 12.9. The van der Waals surface area contributed by atoms with Gasteiger partial charge in [-0.1, -0.05) is 36.4 Å². The van der Waals surface area contributed by atoms with Gasteiger partial charge in [-0.05, 0) is 47.5 Å². The Hall–Kier alpha value is -6.04. The Morgan fingerprint density at radius 1 is 0.575 bits per heavy atom. The number of nitrogens with zero attached hydrogens (tertiary/aromatic N) is 4. The van der Waals surface area contributed by atoms with Gasteiger partial charge in [0.1, 0.15) is 11.1 Å². The third-order valence-electron chi connectivity index (χ3n) is 6.25. The summed E-state index contributed by atoms with van der Waals surface area (Å²) in [6.45, 7) is 0. The van der Waals surface area contributed by atoms with Crippen molar-refractivity contribution in [3.05, 3.63) is 126 Å². The van der Waals surface area contributed by atoms with E-state index in [1.807, 2.05) is 0 Å². The van der Waals surface area contributed by atoms with Crippen molar-refractivity contribution < 1.29 is 18.7 Å². The zero-order valence-corrected chi connectivity index (χ0v) is 20.1. The Morgan fingerprint density at radius 2 is 0.975 bits per heavy atom. The predicted octanol–water partition coefficient (Wildman–Crippen LogP) is 5.51. The molecule has 40 heavy (non-hydrogen) atoms. The summed E-state index contributed by atoms with van der Waals surface area (Å²) in [5.74, 6) is -0.359. The van der Waals surface area contributed by atoms with Crippen LogP contribution in [0, 0.1) is 20.2 Å². The van der Waals surface area contributed by atoms with Crippen LogP contribution in [0.15, 0.2) is 103 Å².